The molecular formula is C21H25F2N3O2. The molecule has 0 saturated carbocycles. The van der Waals surface area contributed by atoms with Gasteiger partial charge in [0.2, 0.25) is 5.91 Å². The molecular weight excluding hydrogens is 364 g/mol. The lowest BCUT2D eigenvalue weighted by Gasteiger charge is -2.37. The van der Waals surface area contributed by atoms with Gasteiger partial charge in [0.1, 0.15) is 17.4 Å². The lowest BCUT2D eigenvalue weighted by Crippen LogP contribution is -2.52. The van der Waals surface area contributed by atoms with Crippen molar-refractivity contribution >= 4 is 11.6 Å². The number of carbonyl (C=O) groups is 1. The maximum atomic E-state index is 13.7. The van der Waals surface area contributed by atoms with Gasteiger partial charge in [-0.2, -0.15) is 0 Å². The van der Waals surface area contributed by atoms with Crippen molar-refractivity contribution in [1.29, 1.82) is 0 Å². The molecule has 28 heavy (non-hydrogen) atoms. The molecule has 0 spiro atoms. The topological polar surface area (TPSA) is 44.8 Å². The number of halogens is 2. The number of methoxy groups -OCH3 is 1. The minimum Gasteiger partial charge on any atom is -0.496 e. The van der Waals surface area contributed by atoms with E-state index < -0.39 is 5.82 Å². The summed E-state index contributed by atoms with van der Waals surface area (Å²) >= 11 is 0. The van der Waals surface area contributed by atoms with Crippen LogP contribution in [0.15, 0.2) is 42.5 Å². The number of hydrogen-bond donors (Lipinski definition) is 1. The number of piperazine rings is 1. The zero-order valence-corrected chi connectivity index (χ0v) is 16.1. The van der Waals surface area contributed by atoms with Crippen LogP contribution in [0.2, 0.25) is 0 Å². The molecule has 1 N–H and O–H groups in total. The van der Waals surface area contributed by atoms with Crippen LogP contribution in [-0.4, -0.2) is 55.0 Å². The number of benzene rings is 2. The zero-order chi connectivity index (χ0) is 20.1. The van der Waals surface area contributed by atoms with Crippen molar-refractivity contribution in [3.63, 3.8) is 0 Å². The third-order valence-electron chi connectivity index (χ3n) is 5.10. The smallest absolute Gasteiger partial charge is 0.241 e. The van der Waals surface area contributed by atoms with Gasteiger partial charge in [-0.05, 0) is 37.3 Å². The van der Waals surface area contributed by atoms with E-state index in [1.54, 1.807) is 31.4 Å². The van der Waals surface area contributed by atoms with E-state index in [1.165, 1.54) is 18.2 Å². The summed E-state index contributed by atoms with van der Waals surface area (Å²) in [6.45, 7) is 5.30. The summed E-state index contributed by atoms with van der Waals surface area (Å²) in [6, 6.07) is 10.3. The summed E-state index contributed by atoms with van der Waals surface area (Å²) in [7, 11) is 1.57. The highest BCUT2D eigenvalue weighted by molar-refractivity contribution is 5.94. The van der Waals surface area contributed by atoms with Crippen molar-refractivity contribution in [2.24, 2.45) is 0 Å². The van der Waals surface area contributed by atoms with E-state index in [9.17, 15) is 13.6 Å². The summed E-state index contributed by atoms with van der Waals surface area (Å²) in [5.41, 5.74) is 0.998. The van der Waals surface area contributed by atoms with Crippen molar-refractivity contribution in [1.82, 2.24) is 9.80 Å². The van der Waals surface area contributed by atoms with Gasteiger partial charge in [0.15, 0.2) is 0 Å². The first-order valence-corrected chi connectivity index (χ1v) is 9.32. The third kappa shape index (κ3) is 4.85. The van der Waals surface area contributed by atoms with Crippen molar-refractivity contribution < 1.29 is 18.3 Å². The fraction of sp³-hybridized carbons (Fsp3) is 0.381. The Morgan fingerprint density at radius 2 is 1.86 bits per heavy atom. The molecule has 1 amide bonds. The normalized spacial score (nSPS) is 16.6. The van der Waals surface area contributed by atoms with Crippen LogP contribution in [-0.2, 0) is 11.3 Å². The van der Waals surface area contributed by atoms with Crippen LogP contribution in [0.4, 0.5) is 14.5 Å². The molecule has 7 heteroatoms. The van der Waals surface area contributed by atoms with Crippen LogP contribution >= 0.6 is 0 Å². The number of hydrogen-bond acceptors (Lipinski definition) is 4. The van der Waals surface area contributed by atoms with Crippen LogP contribution in [0.3, 0.4) is 0 Å². The van der Waals surface area contributed by atoms with Gasteiger partial charge < -0.3 is 10.1 Å². The molecule has 150 valence electrons. The summed E-state index contributed by atoms with van der Waals surface area (Å²) in [6.07, 6.45) is 0. The molecule has 0 aliphatic carbocycles. The summed E-state index contributed by atoms with van der Waals surface area (Å²) in [5.74, 6) is -0.295. The SMILES string of the molecule is COc1ccc(F)cc1CN1CCN([C@H](C)C(=O)Nc2ccccc2F)CC1. The number of para-hydroxylation sites is 1. The van der Waals surface area contributed by atoms with Crippen LogP contribution in [0.5, 0.6) is 5.75 Å². The Kier molecular flexibility index (Phi) is 6.59. The van der Waals surface area contributed by atoms with Gasteiger partial charge in [0.05, 0.1) is 18.8 Å². The molecule has 5 nitrogen and oxygen atoms in total. The number of carbonyl (C=O) groups excluding carboxylic acids is 1. The molecule has 1 saturated heterocycles. The lowest BCUT2D eigenvalue weighted by molar-refractivity contribution is -0.121. The maximum Gasteiger partial charge on any atom is 0.241 e. The molecule has 1 atom stereocenters. The number of nitrogens with zero attached hydrogens (tertiary/aromatic N) is 2. The van der Waals surface area contributed by atoms with E-state index in [1.807, 2.05) is 6.92 Å². The largest absolute Gasteiger partial charge is 0.496 e. The molecule has 0 bridgehead atoms. The number of amides is 1. The molecule has 2 aromatic carbocycles. The van der Waals surface area contributed by atoms with Crippen LogP contribution in [0, 0.1) is 11.6 Å². The molecule has 1 aliphatic heterocycles. The summed E-state index contributed by atoms with van der Waals surface area (Å²) < 4.78 is 32.6. The van der Waals surface area contributed by atoms with Gasteiger partial charge in [0, 0.05) is 38.3 Å². The molecule has 1 heterocycles. The highest BCUT2D eigenvalue weighted by atomic mass is 19.1. The van der Waals surface area contributed by atoms with Crippen LogP contribution in [0.1, 0.15) is 12.5 Å². The minimum absolute atomic E-state index is 0.191. The number of ether oxygens (including phenoxy) is 1. The first-order valence-electron chi connectivity index (χ1n) is 9.32. The van der Waals surface area contributed by atoms with Gasteiger partial charge >= 0.3 is 0 Å². The Morgan fingerprint density at radius 3 is 2.54 bits per heavy atom. The fourth-order valence-corrected chi connectivity index (χ4v) is 3.39. The number of nitrogens with one attached hydrogen (secondary N) is 1. The van der Waals surface area contributed by atoms with Crippen molar-refractivity contribution in [2.75, 3.05) is 38.6 Å². The monoisotopic (exact) mass is 389 g/mol. The molecule has 0 aromatic heterocycles. The molecule has 3 rings (SSSR count). The van der Waals surface area contributed by atoms with E-state index in [4.69, 9.17) is 4.74 Å². The Labute approximate surface area is 163 Å². The summed E-state index contributed by atoms with van der Waals surface area (Å²) in [5, 5.41) is 2.65. The Hall–Kier alpha value is -2.51. The van der Waals surface area contributed by atoms with Crippen molar-refractivity contribution in [2.45, 2.75) is 19.5 Å². The minimum atomic E-state index is -0.447. The van der Waals surface area contributed by atoms with Crippen LogP contribution in [0.25, 0.3) is 0 Å². The van der Waals surface area contributed by atoms with Gasteiger partial charge in [0.25, 0.3) is 0 Å². The number of anilines is 1. The second-order valence-electron chi connectivity index (χ2n) is 6.91. The Balaban J connectivity index is 1.54. The number of rotatable bonds is 6. The first-order chi connectivity index (χ1) is 13.5. The van der Waals surface area contributed by atoms with Gasteiger partial charge in [-0.25, -0.2) is 8.78 Å². The summed E-state index contributed by atoms with van der Waals surface area (Å²) in [4.78, 5) is 16.7. The van der Waals surface area contributed by atoms with E-state index >= 15 is 0 Å². The van der Waals surface area contributed by atoms with Crippen molar-refractivity contribution in [3.05, 3.63) is 59.7 Å². The predicted molar refractivity (Wildman–Crippen MR) is 104 cm³/mol. The van der Waals surface area contributed by atoms with E-state index in [-0.39, 0.29) is 23.5 Å². The van der Waals surface area contributed by atoms with E-state index in [0.29, 0.717) is 25.4 Å². The Bertz CT molecular complexity index is 823. The van der Waals surface area contributed by atoms with Crippen molar-refractivity contribution in [3.8, 4) is 5.75 Å². The average molecular weight is 389 g/mol. The highest BCUT2D eigenvalue weighted by Gasteiger charge is 2.26. The third-order valence-corrected chi connectivity index (χ3v) is 5.10. The van der Waals surface area contributed by atoms with Gasteiger partial charge in [-0.15, -0.1) is 0 Å². The zero-order valence-electron chi connectivity index (χ0n) is 16.1. The van der Waals surface area contributed by atoms with E-state index in [0.717, 1.165) is 18.7 Å². The maximum absolute atomic E-state index is 13.7. The van der Waals surface area contributed by atoms with Gasteiger partial charge in [-0.3, -0.25) is 14.6 Å². The molecule has 1 aliphatic rings. The second kappa shape index (κ2) is 9.12. The fourth-order valence-electron chi connectivity index (χ4n) is 3.39. The van der Waals surface area contributed by atoms with E-state index in [2.05, 4.69) is 15.1 Å². The van der Waals surface area contributed by atoms with Gasteiger partial charge in [-0.1, -0.05) is 12.1 Å². The lowest BCUT2D eigenvalue weighted by atomic mass is 10.1. The molecule has 0 radical (unpaired) electrons. The van der Waals surface area contributed by atoms with Crippen LogP contribution < -0.4 is 10.1 Å². The molecule has 1 fully saturated rings. The predicted octanol–water partition coefficient (Wildman–Crippen LogP) is 3.12. The average Bonchev–Trinajstić information content (AvgIpc) is 2.70. The Morgan fingerprint density at radius 1 is 1.14 bits per heavy atom. The molecule has 2 aromatic rings. The quantitative estimate of drug-likeness (QED) is 0.825. The standard InChI is InChI=1S/C21H25F2N3O2/c1-15(21(27)24-19-6-4-3-5-18(19)23)26-11-9-25(10-12-26)14-16-13-17(22)7-8-20(16)28-2/h3-8,13,15H,9-12,14H2,1-2H3,(H,24,27)/t15-/m1/s1. The molecule has 0 unspecified atom stereocenters. The first kappa shape index (κ1) is 20.2. The highest BCUT2D eigenvalue weighted by Crippen LogP contribution is 2.22. The second-order valence-corrected chi connectivity index (χ2v) is 6.91.